The Morgan fingerprint density at radius 3 is 2.78 bits per heavy atom. The molecular weight excluding hydrogens is 346 g/mol. The molecule has 7 nitrogen and oxygen atoms in total. The molecule has 2 fully saturated rings. The van der Waals surface area contributed by atoms with E-state index in [9.17, 15) is 9.59 Å². The van der Waals surface area contributed by atoms with Crippen LogP contribution in [0, 0.1) is 5.92 Å². The molecule has 0 aromatic heterocycles. The Labute approximate surface area is 159 Å². The summed E-state index contributed by atoms with van der Waals surface area (Å²) in [5.41, 5.74) is 0.349. The van der Waals surface area contributed by atoms with E-state index in [-0.39, 0.29) is 24.5 Å². The fourth-order valence-electron chi connectivity index (χ4n) is 4.41. The van der Waals surface area contributed by atoms with Crippen LogP contribution in [0.25, 0.3) is 0 Å². The Balaban J connectivity index is 1.43. The van der Waals surface area contributed by atoms with Crippen molar-refractivity contribution in [3.05, 3.63) is 23.8 Å². The number of carbonyl (C=O) groups is 2. The lowest BCUT2D eigenvalue weighted by Crippen LogP contribution is -2.54. The monoisotopic (exact) mass is 373 g/mol. The van der Waals surface area contributed by atoms with Crippen molar-refractivity contribution in [2.24, 2.45) is 5.92 Å². The number of urea groups is 1. The normalized spacial score (nSPS) is 27.4. The number of ether oxygens (including phenoxy) is 2. The number of nitrogens with zero attached hydrogens (tertiary/aromatic N) is 2. The molecule has 3 amide bonds. The molecule has 1 aromatic carbocycles. The number of rotatable bonds is 4. The Kier molecular flexibility index (Phi) is 4.72. The second-order valence-electron chi connectivity index (χ2n) is 7.92. The number of carbonyl (C=O) groups excluding carboxylic acids is 2. The fraction of sp³-hybridized carbons (Fsp3) is 0.600. The predicted molar refractivity (Wildman–Crippen MR) is 99.5 cm³/mol. The zero-order chi connectivity index (χ0) is 19.0. The highest BCUT2D eigenvalue weighted by Crippen LogP contribution is 2.38. The molecule has 1 N–H and O–H groups in total. The van der Waals surface area contributed by atoms with E-state index in [1.54, 1.807) is 0 Å². The van der Waals surface area contributed by atoms with Gasteiger partial charge < -0.3 is 14.8 Å². The minimum Gasteiger partial charge on any atom is -0.486 e. The summed E-state index contributed by atoms with van der Waals surface area (Å²) >= 11 is 0. The number of fused-ring (bicyclic) bond motifs is 1. The van der Waals surface area contributed by atoms with Gasteiger partial charge in [-0.25, -0.2) is 9.69 Å². The van der Waals surface area contributed by atoms with Crippen LogP contribution in [0.5, 0.6) is 11.5 Å². The molecule has 3 aliphatic rings. The van der Waals surface area contributed by atoms with Crippen molar-refractivity contribution in [3.8, 4) is 11.5 Å². The standard InChI is InChI=1S/C20H27N3O4/c1-14-5-3-4-8-20(14)18(24)23(19(25)21-20)13-22(2)12-15-6-7-16-17(11-15)27-10-9-26-16/h6-7,11,14H,3-5,8-10,12-13H2,1-2H3,(H,21,25)/t14-,20+/m0/s1. The van der Waals surface area contributed by atoms with Gasteiger partial charge in [0.25, 0.3) is 5.91 Å². The highest BCUT2D eigenvalue weighted by molar-refractivity contribution is 6.07. The van der Waals surface area contributed by atoms with Gasteiger partial charge in [0.1, 0.15) is 18.8 Å². The summed E-state index contributed by atoms with van der Waals surface area (Å²) in [6, 6.07) is 5.58. The number of imide groups is 1. The van der Waals surface area contributed by atoms with Crippen molar-refractivity contribution in [2.45, 2.75) is 44.7 Å². The van der Waals surface area contributed by atoms with E-state index in [4.69, 9.17) is 9.47 Å². The van der Waals surface area contributed by atoms with E-state index in [0.717, 1.165) is 42.7 Å². The average molecular weight is 373 g/mol. The third-order valence-corrected chi connectivity index (χ3v) is 5.94. The Hall–Kier alpha value is -2.28. The van der Waals surface area contributed by atoms with Gasteiger partial charge in [0.05, 0.1) is 6.67 Å². The van der Waals surface area contributed by atoms with E-state index in [2.05, 4.69) is 12.2 Å². The lowest BCUT2D eigenvalue weighted by Gasteiger charge is -2.37. The molecule has 1 saturated carbocycles. The van der Waals surface area contributed by atoms with E-state index in [1.807, 2.05) is 30.1 Å². The van der Waals surface area contributed by atoms with Crippen molar-refractivity contribution in [3.63, 3.8) is 0 Å². The highest BCUT2D eigenvalue weighted by atomic mass is 16.6. The Morgan fingerprint density at radius 2 is 2.00 bits per heavy atom. The zero-order valence-corrected chi connectivity index (χ0v) is 16.0. The highest BCUT2D eigenvalue weighted by Gasteiger charge is 2.54. The molecule has 1 aliphatic carbocycles. The first-order valence-corrected chi connectivity index (χ1v) is 9.71. The number of hydrogen-bond donors (Lipinski definition) is 1. The topological polar surface area (TPSA) is 71.1 Å². The fourth-order valence-corrected chi connectivity index (χ4v) is 4.41. The van der Waals surface area contributed by atoms with Crippen LogP contribution in [-0.2, 0) is 11.3 Å². The van der Waals surface area contributed by atoms with Crippen molar-refractivity contribution in [2.75, 3.05) is 26.9 Å². The summed E-state index contributed by atoms with van der Waals surface area (Å²) in [7, 11) is 1.91. The van der Waals surface area contributed by atoms with Gasteiger partial charge in [-0.15, -0.1) is 0 Å². The van der Waals surface area contributed by atoms with Gasteiger partial charge in [-0.05, 0) is 43.5 Å². The molecule has 2 atom stereocenters. The summed E-state index contributed by atoms with van der Waals surface area (Å²) in [6.45, 7) is 4.07. The summed E-state index contributed by atoms with van der Waals surface area (Å²) < 4.78 is 11.2. The maximum Gasteiger partial charge on any atom is 0.326 e. The third-order valence-electron chi connectivity index (χ3n) is 5.94. The van der Waals surface area contributed by atoms with Gasteiger partial charge in [0.2, 0.25) is 0 Å². The molecule has 0 radical (unpaired) electrons. The van der Waals surface area contributed by atoms with Crippen molar-refractivity contribution >= 4 is 11.9 Å². The van der Waals surface area contributed by atoms with E-state index >= 15 is 0 Å². The number of benzene rings is 1. The first-order chi connectivity index (χ1) is 13.0. The van der Waals surface area contributed by atoms with Gasteiger partial charge >= 0.3 is 6.03 Å². The first kappa shape index (κ1) is 18.1. The average Bonchev–Trinajstić information content (AvgIpc) is 2.89. The van der Waals surface area contributed by atoms with E-state index in [1.165, 1.54) is 4.90 Å². The van der Waals surface area contributed by atoms with E-state index in [0.29, 0.717) is 19.8 Å². The molecule has 146 valence electrons. The van der Waals surface area contributed by atoms with Crippen LogP contribution in [0.3, 0.4) is 0 Å². The van der Waals surface area contributed by atoms with Gasteiger partial charge in [-0.1, -0.05) is 25.8 Å². The summed E-state index contributed by atoms with van der Waals surface area (Å²) in [5.74, 6) is 1.61. The van der Waals surface area contributed by atoms with Crippen LogP contribution in [-0.4, -0.2) is 54.2 Å². The maximum absolute atomic E-state index is 13.1. The lowest BCUT2D eigenvalue weighted by molar-refractivity contribution is -0.135. The molecule has 0 bridgehead atoms. The van der Waals surface area contributed by atoms with Crippen LogP contribution >= 0.6 is 0 Å². The van der Waals surface area contributed by atoms with Crippen LogP contribution in [0.4, 0.5) is 4.79 Å². The second-order valence-corrected chi connectivity index (χ2v) is 7.92. The number of amides is 3. The van der Waals surface area contributed by atoms with Crippen LogP contribution in [0.1, 0.15) is 38.2 Å². The van der Waals surface area contributed by atoms with Crippen LogP contribution in [0.15, 0.2) is 18.2 Å². The smallest absolute Gasteiger partial charge is 0.326 e. The molecule has 2 aliphatic heterocycles. The maximum atomic E-state index is 13.1. The largest absolute Gasteiger partial charge is 0.486 e. The van der Waals surface area contributed by atoms with Crippen molar-refractivity contribution in [1.29, 1.82) is 0 Å². The third kappa shape index (κ3) is 3.25. The second kappa shape index (κ2) is 7.03. The minimum atomic E-state index is -0.701. The van der Waals surface area contributed by atoms with Crippen molar-refractivity contribution < 1.29 is 19.1 Å². The quantitative estimate of drug-likeness (QED) is 0.821. The molecular formula is C20H27N3O4. The van der Waals surface area contributed by atoms with Gasteiger partial charge in [-0.2, -0.15) is 0 Å². The van der Waals surface area contributed by atoms with Crippen molar-refractivity contribution in [1.82, 2.24) is 15.1 Å². The Bertz CT molecular complexity index is 753. The van der Waals surface area contributed by atoms with Gasteiger partial charge in [0, 0.05) is 6.54 Å². The molecule has 4 rings (SSSR count). The molecule has 7 heteroatoms. The van der Waals surface area contributed by atoms with Crippen LogP contribution < -0.4 is 14.8 Å². The molecule has 0 unspecified atom stereocenters. The van der Waals surface area contributed by atoms with Crippen LogP contribution in [0.2, 0.25) is 0 Å². The van der Waals surface area contributed by atoms with Gasteiger partial charge in [0.15, 0.2) is 11.5 Å². The molecule has 1 saturated heterocycles. The summed E-state index contributed by atoms with van der Waals surface area (Å²) in [6.07, 6.45) is 3.82. The molecule has 1 spiro atoms. The minimum absolute atomic E-state index is 0.0753. The predicted octanol–water partition coefficient (Wildman–Crippen LogP) is 2.35. The SMILES string of the molecule is C[C@H]1CCCC[C@@]12NC(=O)N(CN(C)Cc1ccc3c(c1)OCCO3)C2=O. The molecule has 27 heavy (non-hydrogen) atoms. The lowest BCUT2D eigenvalue weighted by atomic mass is 9.73. The van der Waals surface area contributed by atoms with E-state index < -0.39 is 5.54 Å². The number of nitrogens with one attached hydrogen (secondary N) is 1. The molecule has 1 aromatic rings. The number of hydrogen-bond acceptors (Lipinski definition) is 5. The Morgan fingerprint density at radius 1 is 1.22 bits per heavy atom. The zero-order valence-electron chi connectivity index (χ0n) is 16.0. The summed E-state index contributed by atoms with van der Waals surface area (Å²) in [5, 5.41) is 3.00. The first-order valence-electron chi connectivity index (χ1n) is 9.71. The van der Waals surface area contributed by atoms with Gasteiger partial charge in [-0.3, -0.25) is 9.69 Å². The summed E-state index contributed by atoms with van der Waals surface area (Å²) in [4.78, 5) is 28.9. The molecule has 2 heterocycles.